The molecule has 0 atom stereocenters. The van der Waals surface area contributed by atoms with Gasteiger partial charge in [0.15, 0.2) is 0 Å². The summed E-state index contributed by atoms with van der Waals surface area (Å²) < 4.78 is 1.54. The number of quaternary nitrogens is 1. The van der Waals surface area contributed by atoms with Gasteiger partial charge in [-0.05, 0) is 57.8 Å². The molecule has 0 N–H and O–H groups in total. The van der Waals surface area contributed by atoms with Gasteiger partial charge in [0.05, 0.1) is 25.2 Å². The van der Waals surface area contributed by atoms with Crippen LogP contribution in [0.2, 0.25) is 0 Å². The van der Waals surface area contributed by atoms with E-state index in [2.05, 4.69) is 41.5 Å². The van der Waals surface area contributed by atoms with Crippen molar-refractivity contribution in [2.45, 2.75) is 375 Å². The lowest BCUT2D eigenvalue weighted by atomic mass is 9.76. The van der Waals surface area contributed by atoms with Gasteiger partial charge in [-0.15, -0.1) is 0 Å². The molecule has 63 heavy (non-hydrogen) atoms. The van der Waals surface area contributed by atoms with Crippen molar-refractivity contribution in [3.8, 4) is 0 Å². The molecule has 0 bridgehead atoms. The Kier molecular flexibility index (Phi) is 55.2. The highest BCUT2D eigenvalue weighted by Crippen LogP contribution is 2.43. The smallest absolute Gasteiger partial charge is 0.0992 e. The van der Waals surface area contributed by atoms with Crippen molar-refractivity contribution in [2.24, 2.45) is 0 Å². The Morgan fingerprint density at radius 1 is 0.190 bits per heavy atom. The maximum absolute atomic E-state index is 2.37. The van der Waals surface area contributed by atoms with E-state index in [1.165, 1.54) is 332 Å². The summed E-state index contributed by atoms with van der Waals surface area (Å²) in [6, 6.07) is 0. The molecule has 382 valence electrons. The molecule has 0 amide bonds. The molecule has 0 saturated heterocycles. The first-order valence-electron chi connectivity index (χ1n) is 30.5. The molecule has 0 aromatic rings. The highest BCUT2D eigenvalue weighted by Gasteiger charge is 2.48. The Labute approximate surface area is 409 Å². The molecule has 0 aliphatic heterocycles. The first-order chi connectivity index (χ1) is 30.6. The second-order valence-corrected chi connectivity index (χ2v) is 21.6. The van der Waals surface area contributed by atoms with Crippen molar-refractivity contribution in [3.05, 3.63) is 0 Å². The Hall–Kier alpha value is 0.250. The standard InChI is InChI=1S/C61H126N.ClH/c1-7-13-19-25-31-37-43-49-55-61(56-50-44-38-32-26-20-14-8-2,57-51-45-39-33-27-21-15-9-3)62(58-52-46-40-34-28-22-16-10-4,59-53-47-41-35-29-23-17-11-5)60-54-48-42-36-30-24-18-12-6;/h7-60H2,1-6H3;1H/q+1;/p-1. The average molecular weight is 909 g/mol. The van der Waals surface area contributed by atoms with Crippen molar-refractivity contribution in [2.75, 3.05) is 19.6 Å². The fourth-order valence-corrected chi connectivity index (χ4v) is 11.5. The van der Waals surface area contributed by atoms with Crippen LogP contribution in [0.3, 0.4) is 0 Å². The number of halogens is 1. The molecule has 0 radical (unpaired) electrons. The Morgan fingerprint density at radius 3 is 0.508 bits per heavy atom. The number of unbranched alkanes of at least 4 members (excludes halogenated alkanes) is 42. The highest BCUT2D eigenvalue weighted by molar-refractivity contribution is 4.84. The molecule has 0 aliphatic rings. The number of rotatable bonds is 55. The largest absolute Gasteiger partial charge is 1.00 e. The van der Waals surface area contributed by atoms with Crippen LogP contribution in [0.1, 0.15) is 369 Å². The monoisotopic (exact) mass is 908 g/mol. The molecule has 1 nitrogen and oxygen atoms in total. The summed E-state index contributed by atoms with van der Waals surface area (Å²) >= 11 is 0. The molecule has 0 spiro atoms. The molecule has 2 heteroatoms. The predicted molar refractivity (Wildman–Crippen MR) is 287 cm³/mol. The van der Waals surface area contributed by atoms with Gasteiger partial charge < -0.3 is 16.9 Å². The first kappa shape index (κ1) is 65.3. The van der Waals surface area contributed by atoms with Crippen LogP contribution in [0.5, 0.6) is 0 Å². The lowest BCUT2D eigenvalue weighted by Gasteiger charge is -2.55. The topological polar surface area (TPSA) is 0 Å². The van der Waals surface area contributed by atoms with E-state index in [-0.39, 0.29) is 12.4 Å². The van der Waals surface area contributed by atoms with Crippen LogP contribution in [0.25, 0.3) is 0 Å². The number of hydrogen-bond acceptors (Lipinski definition) is 0. The van der Waals surface area contributed by atoms with Crippen molar-refractivity contribution in [3.63, 3.8) is 0 Å². The maximum Gasteiger partial charge on any atom is 0.0992 e. The molecule has 0 heterocycles. The van der Waals surface area contributed by atoms with Gasteiger partial charge in [0, 0.05) is 19.3 Å². The van der Waals surface area contributed by atoms with Crippen molar-refractivity contribution >= 4 is 0 Å². The zero-order valence-corrected chi connectivity index (χ0v) is 46.3. The zero-order valence-electron chi connectivity index (χ0n) is 45.5. The van der Waals surface area contributed by atoms with E-state index in [1.54, 1.807) is 19.3 Å². The van der Waals surface area contributed by atoms with Gasteiger partial charge in [0.2, 0.25) is 0 Å². The predicted octanol–water partition coefficient (Wildman–Crippen LogP) is 19.6. The highest BCUT2D eigenvalue weighted by atomic mass is 35.5. The first-order valence-corrected chi connectivity index (χ1v) is 30.5. The molecule has 0 saturated carbocycles. The normalized spacial score (nSPS) is 12.1. The fraction of sp³-hybridized carbons (Fsp3) is 1.00. The van der Waals surface area contributed by atoms with Crippen LogP contribution in [-0.4, -0.2) is 29.7 Å². The van der Waals surface area contributed by atoms with Gasteiger partial charge in [-0.3, -0.25) is 0 Å². The minimum Gasteiger partial charge on any atom is -1.00 e. The summed E-state index contributed by atoms with van der Waals surface area (Å²) in [5.41, 5.74) is 0.510. The Bertz CT molecular complexity index is 642. The summed E-state index contributed by atoms with van der Waals surface area (Å²) in [7, 11) is 0. The van der Waals surface area contributed by atoms with Crippen molar-refractivity contribution < 1.29 is 16.9 Å². The van der Waals surface area contributed by atoms with Crippen molar-refractivity contribution in [1.82, 2.24) is 0 Å². The van der Waals surface area contributed by atoms with E-state index < -0.39 is 0 Å². The van der Waals surface area contributed by atoms with E-state index in [0.717, 1.165) is 0 Å². The summed E-state index contributed by atoms with van der Waals surface area (Å²) in [6.07, 6.45) is 74.9. The minimum atomic E-state index is 0. The summed E-state index contributed by atoms with van der Waals surface area (Å²) in [4.78, 5) is 0. The van der Waals surface area contributed by atoms with Crippen LogP contribution in [-0.2, 0) is 0 Å². The second kappa shape index (κ2) is 53.2. The van der Waals surface area contributed by atoms with Gasteiger partial charge in [-0.2, -0.15) is 0 Å². The third-order valence-corrected chi connectivity index (χ3v) is 15.8. The van der Waals surface area contributed by atoms with E-state index in [9.17, 15) is 0 Å². The Morgan fingerprint density at radius 2 is 0.333 bits per heavy atom. The van der Waals surface area contributed by atoms with Gasteiger partial charge in [0.1, 0.15) is 0 Å². The molecular weight excluding hydrogens is 782 g/mol. The van der Waals surface area contributed by atoms with E-state index >= 15 is 0 Å². The summed E-state index contributed by atoms with van der Waals surface area (Å²) in [5.74, 6) is 0. The molecule has 0 rings (SSSR count). The summed E-state index contributed by atoms with van der Waals surface area (Å²) in [6.45, 7) is 18.8. The lowest BCUT2D eigenvalue weighted by molar-refractivity contribution is -0.978. The average Bonchev–Trinajstić information content (AvgIpc) is 3.28. The van der Waals surface area contributed by atoms with Gasteiger partial charge in [0.25, 0.3) is 0 Å². The van der Waals surface area contributed by atoms with Crippen LogP contribution >= 0.6 is 0 Å². The summed E-state index contributed by atoms with van der Waals surface area (Å²) in [5, 5.41) is 0. The fourth-order valence-electron chi connectivity index (χ4n) is 11.5. The van der Waals surface area contributed by atoms with Crippen molar-refractivity contribution in [1.29, 1.82) is 0 Å². The van der Waals surface area contributed by atoms with Crippen LogP contribution in [0, 0.1) is 0 Å². The molecule has 0 unspecified atom stereocenters. The van der Waals surface area contributed by atoms with Crippen LogP contribution in [0.15, 0.2) is 0 Å². The molecular formula is C61H126ClN. The Balaban J connectivity index is 0. The lowest BCUT2D eigenvalue weighted by Crippen LogP contribution is -3.00. The molecule has 0 aliphatic carbocycles. The quantitative estimate of drug-likeness (QED) is 0.0421. The minimum absolute atomic E-state index is 0. The van der Waals surface area contributed by atoms with E-state index in [1.807, 2.05) is 0 Å². The van der Waals surface area contributed by atoms with Crippen LogP contribution < -0.4 is 12.4 Å². The van der Waals surface area contributed by atoms with E-state index in [0.29, 0.717) is 5.54 Å². The molecule has 0 fully saturated rings. The third kappa shape index (κ3) is 39.9. The second-order valence-electron chi connectivity index (χ2n) is 21.6. The van der Waals surface area contributed by atoms with Gasteiger partial charge in [-0.25, -0.2) is 0 Å². The zero-order chi connectivity index (χ0) is 45.2. The maximum atomic E-state index is 2.37. The van der Waals surface area contributed by atoms with Gasteiger partial charge >= 0.3 is 0 Å². The SMILES string of the molecule is CCCCCCCCCCC(CCCCCCCCCC)(CCCCCCCCCC)[N+](CCCCCCCCCC)(CCCCCCCCCC)CCCCCCCCCC.[Cl-]. The van der Waals surface area contributed by atoms with Gasteiger partial charge in [-0.1, -0.05) is 292 Å². The van der Waals surface area contributed by atoms with Crippen LogP contribution in [0.4, 0.5) is 0 Å². The van der Waals surface area contributed by atoms with E-state index in [4.69, 9.17) is 0 Å². The number of hydrogen-bond donors (Lipinski definition) is 0. The number of nitrogens with zero attached hydrogens (tertiary/aromatic N) is 1. The molecule has 0 aromatic heterocycles. The molecule has 0 aromatic carbocycles. The third-order valence-electron chi connectivity index (χ3n) is 15.8.